The van der Waals surface area contributed by atoms with Crippen LogP contribution < -0.4 is 5.73 Å². The summed E-state index contributed by atoms with van der Waals surface area (Å²) in [5.41, 5.74) is 5.83. The minimum absolute atomic E-state index is 0.373. The van der Waals surface area contributed by atoms with E-state index in [0.717, 1.165) is 4.57 Å². The van der Waals surface area contributed by atoms with Gasteiger partial charge in [0, 0.05) is 0 Å². The van der Waals surface area contributed by atoms with Crippen molar-refractivity contribution in [3.05, 3.63) is 18.9 Å². The van der Waals surface area contributed by atoms with Gasteiger partial charge in [0.15, 0.2) is 5.65 Å². The van der Waals surface area contributed by atoms with Gasteiger partial charge >= 0.3 is 6.03 Å². The van der Waals surface area contributed by atoms with Crippen LogP contribution in [0.3, 0.4) is 0 Å². The average Bonchev–Trinajstić information content (AvgIpc) is 2.47. The van der Waals surface area contributed by atoms with Gasteiger partial charge in [-0.3, -0.25) is 0 Å². The fourth-order valence-electron chi connectivity index (χ4n) is 0.879. The second-order valence-corrected chi connectivity index (χ2v) is 2.11. The summed E-state index contributed by atoms with van der Waals surface area (Å²) in [6.45, 7) is 0. The van der Waals surface area contributed by atoms with Crippen molar-refractivity contribution in [2.24, 2.45) is 5.73 Å². The van der Waals surface area contributed by atoms with Gasteiger partial charge in [0.05, 0.1) is 0 Å². The molecule has 12 heavy (non-hydrogen) atoms. The SMILES string of the molecule is NC(=O)n1cnc2[c]ncnc21. The summed E-state index contributed by atoms with van der Waals surface area (Å²) in [5, 5.41) is 0. The number of carbonyl (C=O) groups excluding carboxylic acids is 1. The molecule has 0 aliphatic rings. The fraction of sp³-hybridized carbons (Fsp3) is 0. The zero-order valence-corrected chi connectivity index (χ0v) is 5.93. The molecule has 1 amide bonds. The number of aromatic nitrogens is 4. The highest BCUT2D eigenvalue weighted by Crippen LogP contribution is 2.04. The average molecular weight is 162 g/mol. The molecule has 0 aromatic carbocycles. The Bertz CT molecular complexity index is 434. The highest BCUT2D eigenvalue weighted by molar-refractivity contribution is 5.85. The third kappa shape index (κ3) is 0.815. The molecule has 0 saturated carbocycles. The monoisotopic (exact) mass is 162 g/mol. The molecule has 1 radical (unpaired) electrons. The normalized spacial score (nSPS) is 10.3. The summed E-state index contributed by atoms with van der Waals surface area (Å²) in [5.74, 6) is 0. The Morgan fingerprint density at radius 1 is 1.58 bits per heavy atom. The van der Waals surface area contributed by atoms with Gasteiger partial charge in [0.1, 0.15) is 24.4 Å². The summed E-state index contributed by atoms with van der Waals surface area (Å²) in [6.07, 6.45) is 5.14. The van der Waals surface area contributed by atoms with Gasteiger partial charge in [-0.05, 0) is 0 Å². The Hall–Kier alpha value is -1.98. The Morgan fingerprint density at radius 3 is 3.17 bits per heavy atom. The van der Waals surface area contributed by atoms with Crippen LogP contribution >= 0.6 is 0 Å². The molecular formula is C6H4N5O. The van der Waals surface area contributed by atoms with Crippen molar-refractivity contribution in [1.82, 2.24) is 19.5 Å². The van der Waals surface area contributed by atoms with E-state index in [1.807, 2.05) is 0 Å². The Kier molecular flexibility index (Phi) is 1.26. The van der Waals surface area contributed by atoms with Crippen molar-refractivity contribution in [3.8, 4) is 0 Å². The van der Waals surface area contributed by atoms with Gasteiger partial charge in [-0.1, -0.05) is 0 Å². The maximum Gasteiger partial charge on any atom is 0.325 e. The number of hydrogen-bond donors (Lipinski definition) is 1. The maximum atomic E-state index is 10.7. The number of carbonyl (C=O) groups is 1. The number of nitrogens with zero attached hydrogens (tertiary/aromatic N) is 4. The molecule has 2 N–H and O–H groups in total. The van der Waals surface area contributed by atoms with Crippen LogP contribution in [0.4, 0.5) is 4.79 Å². The van der Waals surface area contributed by atoms with Gasteiger partial charge in [-0.25, -0.2) is 24.3 Å². The minimum atomic E-state index is -0.621. The number of primary amides is 1. The second-order valence-electron chi connectivity index (χ2n) is 2.11. The van der Waals surface area contributed by atoms with Crippen molar-refractivity contribution >= 4 is 17.2 Å². The molecule has 0 spiro atoms. The van der Waals surface area contributed by atoms with Crippen molar-refractivity contribution in [1.29, 1.82) is 0 Å². The predicted octanol–water partition coefficient (Wildman–Crippen LogP) is -0.447. The Balaban J connectivity index is 2.79. The van der Waals surface area contributed by atoms with Crippen LogP contribution in [0.1, 0.15) is 0 Å². The molecule has 0 bridgehead atoms. The van der Waals surface area contributed by atoms with Crippen LogP contribution in [0, 0.1) is 6.20 Å². The number of amides is 1. The largest absolute Gasteiger partial charge is 0.351 e. The Morgan fingerprint density at radius 2 is 2.42 bits per heavy atom. The summed E-state index contributed by atoms with van der Waals surface area (Å²) in [4.78, 5) is 22.0. The zero-order valence-electron chi connectivity index (χ0n) is 5.93. The van der Waals surface area contributed by atoms with Gasteiger partial charge in [-0.2, -0.15) is 0 Å². The lowest BCUT2D eigenvalue weighted by atomic mass is 10.6. The first kappa shape index (κ1) is 6.71. The third-order valence-electron chi connectivity index (χ3n) is 1.39. The summed E-state index contributed by atoms with van der Waals surface area (Å²) >= 11 is 0. The summed E-state index contributed by atoms with van der Waals surface area (Å²) in [7, 11) is 0. The lowest BCUT2D eigenvalue weighted by molar-refractivity contribution is 0.251. The summed E-state index contributed by atoms with van der Waals surface area (Å²) < 4.78 is 1.13. The number of hydrogen-bond acceptors (Lipinski definition) is 4. The first-order valence-electron chi connectivity index (χ1n) is 3.14. The molecule has 0 unspecified atom stereocenters. The quantitative estimate of drug-likeness (QED) is 0.568. The van der Waals surface area contributed by atoms with Gasteiger partial charge in [0.25, 0.3) is 0 Å². The highest BCUT2D eigenvalue weighted by Gasteiger charge is 2.06. The van der Waals surface area contributed by atoms with Gasteiger partial charge < -0.3 is 5.73 Å². The van der Waals surface area contributed by atoms with Crippen LogP contribution in [0.5, 0.6) is 0 Å². The van der Waals surface area contributed by atoms with Crippen LogP contribution in [-0.2, 0) is 0 Å². The number of imidazole rings is 1. The van der Waals surface area contributed by atoms with Crippen LogP contribution in [0.15, 0.2) is 12.7 Å². The van der Waals surface area contributed by atoms with E-state index >= 15 is 0 Å². The molecule has 0 aliphatic heterocycles. The molecule has 2 rings (SSSR count). The van der Waals surface area contributed by atoms with E-state index in [9.17, 15) is 4.79 Å². The molecule has 2 aromatic rings. The van der Waals surface area contributed by atoms with E-state index in [4.69, 9.17) is 5.73 Å². The number of nitrogens with two attached hydrogens (primary N) is 1. The van der Waals surface area contributed by atoms with Crippen molar-refractivity contribution in [2.75, 3.05) is 0 Å². The Labute approximate surface area is 67.1 Å². The number of rotatable bonds is 0. The molecule has 2 heterocycles. The lowest BCUT2D eigenvalue weighted by Gasteiger charge is -1.92. The van der Waals surface area contributed by atoms with Gasteiger partial charge in [0.2, 0.25) is 0 Å². The van der Waals surface area contributed by atoms with E-state index in [2.05, 4.69) is 21.1 Å². The molecule has 0 atom stereocenters. The van der Waals surface area contributed by atoms with Crippen molar-refractivity contribution < 1.29 is 4.79 Å². The maximum absolute atomic E-state index is 10.7. The molecular weight excluding hydrogens is 158 g/mol. The molecule has 6 heteroatoms. The molecule has 2 aromatic heterocycles. The third-order valence-corrected chi connectivity index (χ3v) is 1.39. The molecule has 6 nitrogen and oxygen atoms in total. The standard InChI is InChI=1S/C6H4N5O/c7-6(12)11-3-10-4-1-8-2-9-5(4)11/h2-3H,(H2,7,12). The zero-order chi connectivity index (χ0) is 8.55. The topological polar surface area (TPSA) is 86.7 Å². The van der Waals surface area contributed by atoms with Gasteiger partial charge in [-0.15, -0.1) is 0 Å². The molecule has 0 aliphatic carbocycles. The van der Waals surface area contributed by atoms with Crippen LogP contribution in [-0.4, -0.2) is 25.6 Å². The molecule has 0 fully saturated rings. The first-order valence-corrected chi connectivity index (χ1v) is 3.14. The van der Waals surface area contributed by atoms with E-state index in [-0.39, 0.29) is 0 Å². The second kappa shape index (κ2) is 2.26. The lowest BCUT2D eigenvalue weighted by Crippen LogP contribution is -2.18. The summed E-state index contributed by atoms with van der Waals surface area (Å²) in [6, 6.07) is -0.621. The highest BCUT2D eigenvalue weighted by atomic mass is 16.2. The smallest absolute Gasteiger partial charge is 0.325 e. The van der Waals surface area contributed by atoms with E-state index in [0.29, 0.717) is 11.2 Å². The van der Waals surface area contributed by atoms with Crippen LogP contribution in [0.25, 0.3) is 11.2 Å². The predicted molar refractivity (Wildman–Crippen MR) is 39.1 cm³/mol. The molecule has 59 valence electrons. The van der Waals surface area contributed by atoms with Crippen molar-refractivity contribution in [2.45, 2.75) is 0 Å². The van der Waals surface area contributed by atoms with E-state index < -0.39 is 6.03 Å². The number of fused-ring (bicyclic) bond motifs is 1. The molecule has 0 saturated heterocycles. The van der Waals surface area contributed by atoms with E-state index in [1.165, 1.54) is 12.7 Å². The van der Waals surface area contributed by atoms with Crippen molar-refractivity contribution in [3.63, 3.8) is 0 Å². The van der Waals surface area contributed by atoms with Crippen LogP contribution in [0.2, 0.25) is 0 Å². The fourth-order valence-corrected chi connectivity index (χ4v) is 0.879. The first-order chi connectivity index (χ1) is 5.79. The van der Waals surface area contributed by atoms with E-state index in [1.54, 1.807) is 0 Å². The minimum Gasteiger partial charge on any atom is -0.351 e.